The summed E-state index contributed by atoms with van der Waals surface area (Å²) < 4.78 is 16.9. The lowest BCUT2D eigenvalue weighted by Gasteiger charge is -2.35. The minimum absolute atomic E-state index is 0.107. The second kappa shape index (κ2) is 11.1. The Labute approximate surface area is 195 Å². The highest BCUT2D eigenvalue weighted by atomic mass is 16.6. The van der Waals surface area contributed by atoms with Crippen molar-refractivity contribution in [2.24, 2.45) is 0 Å². The molecule has 1 saturated heterocycles. The quantitative estimate of drug-likeness (QED) is 0.568. The SMILES string of the molecule is CCc1ccc(Cc2cc([C@H]3C[C@@H](OC(C)=O)C[C@@H](COC(C)=O)O3)cc(C)c2C#N)cc1. The molecule has 0 spiro atoms. The van der Waals surface area contributed by atoms with Crippen molar-refractivity contribution in [2.45, 2.75) is 71.7 Å². The zero-order valence-corrected chi connectivity index (χ0v) is 19.7. The van der Waals surface area contributed by atoms with Gasteiger partial charge in [-0.25, -0.2) is 0 Å². The molecule has 174 valence electrons. The Bertz CT molecular complexity index is 1040. The maximum Gasteiger partial charge on any atom is 0.302 e. The number of carbonyl (C=O) groups is 2. The van der Waals surface area contributed by atoms with Crippen molar-refractivity contribution >= 4 is 11.9 Å². The lowest BCUT2D eigenvalue weighted by molar-refractivity contribution is -0.169. The summed E-state index contributed by atoms with van der Waals surface area (Å²) in [7, 11) is 0. The van der Waals surface area contributed by atoms with E-state index in [9.17, 15) is 14.9 Å². The smallest absolute Gasteiger partial charge is 0.302 e. The first-order valence-corrected chi connectivity index (χ1v) is 11.4. The Kier molecular flexibility index (Phi) is 8.24. The highest BCUT2D eigenvalue weighted by molar-refractivity contribution is 5.66. The molecule has 0 amide bonds. The fourth-order valence-electron chi connectivity index (χ4n) is 4.32. The van der Waals surface area contributed by atoms with Gasteiger partial charge in [0.1, 0.15) is 12.7 Å². The van der Waals surface area contributed by atoms with E-state index in [4.69, 9.17) is 14.2 Å². The van der Waals surface area contributed by atoms with Gasteiger partial charge < -0.3 is 14.2 Å². The van der Waals surface area contributed by atoms with Gasteiger partial charge >= 0.3 is 11.9 Å². The molecule has 0 aromatic heterocycles. The molecule has 0 saturated carbocycles. The lowest BCUT2D eigenvalue weighted by atomic mass is 9.89. The molecular formula is C27H31NO5. The van der Waals surface area contributed by atoms with Gasteiger partial charge in [-0.15, -0.1) is 0 Å². The van der Waals surface area contributed by atoms with E-state index in [1.807, 2.05) is 19.1 Å². The van der Waals surface area contributed by atoms with Crippen LogP contribution in [0, 0.1) is 18.3 Å². The molecule has 6 nitrogen and oxygen atoms in total. The summed E-state index contributed by atoms with van der Waals surface area (Å²) in [4.78, 5) is 22.9. The van der Waals surface area contributed by atoms with Gasteiger partial charge in [0.15, 0.2) is 0 Å². The molecule has 1 heterocycles. The Balaban J connectivity index is 1.89. The van der Waals surface area contributed by atoms with Gasteiger partial charge in [-0.05, 0) is 47.6 Å². The molecule has 0 bridgehead atoms. The van der Waals surface area contributed by atoms with E-state index < -0.39 is 0 Å². The van der Waals surface area contributed by atoms with Crippen LogP contribution in [-0.4, -0.2) is 30.8 Å². The molecule has 1 fully saturated rings. The molecule has 0 N–H and O–H groups in total. The van der Waals surface area contributed by atoms with Gasteiger partial charge in [-0.2, -0.15) is 5.26 Å². The van der Waals surface area contributed by atoms with Gasteiger partial charge in [-0.1, -0.05) is 43.3 Å². The number of ether oxygens (including phenoxy) is 3. The number of hydrogen-bond donors (Lipinski definition) is 0. The van der Waals surface area contributed by atoms with Crippen molar-refractivity contribution in [2.75, 3.05) is 6.61 Å². The first-order chi connectivity index (χ1) is 15.8. The number of benzene rings is 2. The molecule has 0 unspecified atom stereocenters. The summed E-state index contributed by atoms with van der Waals surface area (Å²) in [6.45, 7) is 6.90. The van der Waals surface area contributed by atoms with Crippen LogP contribution in [0.4, 0.5) is 0 Å². The van der Waals surface area contributed by atoms with Crippen molar-refractivity contribution in [1.29, 1.82) is 5.26 Å². The molecule has 0 aliphatic carbocycles. The van der Waals surface area contributed by atoms with Gasteiger partial charge in [0, 0.05) is 26.7 Å². The predicted octanol–water partition coefficient (Wildman–Crippen LogP) is 4.73. The average molecular weight is 450 g/mol. The maximum atomic E-state index is 11.6. The van der Waals surface area contributed by atoms with E-state index >= 15 is 0 Å². The monoisotopic (exact) mass is 449 g/mol. The molecular weight excluding hydrogens is 418 g/mol. The molecule has 2 aromatic carbocycles. The number of esters is 2. The van der Waals surface area contributed by atoms with Crippen LogP contribution in [0.15, 0.2) is 36.4 Å². The van der Waals surface area contributed by atoms with E-state index in [1.54, 1.807) is 0 Å². The van der Waals surface area contributed by atoms with Crippen molar-refractivity contribution in [3.63, 3.8) is 0 Å². The third-order valence-electron chi connectivity index (χ3n) is 5.91. The fraction of sp³-hybridized carbons (Fsp3) is 0.444. The summed E-state index contributed by atoms with van der Waals surface area (Å²) in [6.07, 6.45) is 1.55. The number of hydrogen-bond acceptors (Lipinski definition) is 6. The Morgan fingerprint density at radius 1 is 1.09 bits per heavy atom. The van der Waals surface area contributed by atoms with Crippen molar-refractivity contribution < 1.29 is 23.8 Å². The second-order valence-corrected chi connectivity index (χ2v) is 8.58. The number of nitriles is 1. The summed E-state index contributed by atoms with van der Waals surface area (Å²) >= 11 is 0. The van der Waals surface area contributed by atoms with Crippen LogP contribution in [0.5, 0.6) is 0 Å². The van der Waals surface area contributed by atoms with Crippen LogP contribution in [-0.2, 0) is 36.6 Å². The van der Waals surface area contributed by atoms with Crippen LogP contribution in [0.2, 0.25) is 0 Å². The summed E-state index contributed by atoms with van der Waals surface area (Å²) in [5.41, 5.74) is 5.82. The predicted molar refractivity (Wildman–Crippen MR) is 124 cm³/mol. The summed E-state index contributed by atoms with van der Waals surface area (Å²) in [5.74, 6) is -0.727. The van der Waals surface area contributed by atoms with Crippen LogP contribution in [0.3, 0.4) is 0 Å². The number of nitrogens with zero attached hydrogens (tertiary/aromatic N) is 1. The molecule has 6 heteroatoms. The van der Waals surface area contributed by atoms with E-state index in [0.717, 1.165) is 28.7 Å². The highest BCUT2D eigenvalue weighted by Crippen LogP contribution is 2.35. The second-order valence-electron chi connectivity index (χ2n) is 8.58. The topological polar surface area (TPSA) is 85.6 Å². The normalized spacial score (nSPS) is 20.0. The van der Waals surface area contributed by atoms with Crippen LogP contribution >= 0.6 is 0 Å². The minimum Gasteiger partial charge on any atom is -0.463 e. The molecule has 0 radical (unpaired) electrons. The number of aryl methyl sites for hydroxylation is 2. The van der Waals surface area contributed by atoms with Crippen LogP contribution < -0.4 is 0 Å². The van der Waals surface area contributed by atoms with Crippen molar-refractivity contribution in [3.05, 3.63) is 69.8 Å². The largest absolute Gasteiger partial charge is 0.463 e. The van der Waals surface area contributed by atoms with Crippen molar-refractivity contribution in [1.82, 2.24) is 0 Å². The van der Waals surface area contributed by atoms with Gasteiger partial charge in [0.25, 0.3) is 0 Å². The zero-order valence-electron chi connectivity index (χ0n) is 19.7. The number of rotatable bonds is 7. The van der Waals surface area contributed by atoms with Crippen molar-refractivity contribution in [3.8, 4) is 6.07 Å². The summed E-state index contributed by atoms with van der Waals surface area (Å²) in [6, 6.07) is 14.8. The van der Waals surface area contributed by atoms with Gasteiger partial charge in [-0.3, -0.25) is 9.59 Å². The van der Waals surface area contributed by atoms with E-state index in [1.165, 1.54) is 19.4 Å². The first kappa shape index (κ1) is 24.5. The first-order valence-electron chi connectivity index (χ1n) is 11.4. The van der Waals surface area contributed by atoms with E-state index in [0.29, 0.717) is 24.8 Å². The fourth-order valence-corrected chi connectivity index (χ4v) is 4.32. The molecule has 33 heavy (non-hydrogen) atoms. The van der Waals surface area contributed by atoms with E-state index in [2.05, 4.69) is 37.3 Å². The van der Waals surface area contributed by atoms with E-state index in [-0.39, 0.29) is 36.9 Å². The molecule has 3 atom stereocenters. The Hall–Kier alpha value is -3.17. The molecule has 1 aliphatic rings. The lowest BCUT2D eigenvalue weighted by Crippen LogP contribution is -2.37. The third kappa shape index (κ3) is 6.66. The minimum atomic E-state index is -0.379. The number of carbonyl (C=O) groups excluding carboxylic acids is 2. The van der Waals surface area contributed by atoms with Crippen LogP contribution in [0.25, 0.3) is 0 Å². The molecule has 3 rings (SSSR count). The molecule has 1 aliphatic heterocycles. The van der Waals surface area contributed by atoms with Gasteiger partial charge in [0.2, 0.25) is 0 Å². The maximum absolute atomic E-state index is 11.6. The standard InChI is InChI=1S/C27H31NO5/c1-5-20-6-8-21(9-7-20)11-22-12-23(10-17(2)26(22)15-28)27-14-24(32-19(4)30)13-25(33-27)16-31-18(3)29/h6-10,12,24-25,27H,5,11,13-14,16H2,1-4H3/t24-,25-,27+/m0/s1. The van der Waals surface area contributed by atoms with Crippen LogP contribution in [0.1, 0.15) is 73.1 Å². The third-order valence-corrected chi connectivity index (χ3v) is 5.91. The zero-order chi connectivity index (χ0) is 24.0. The summed E-state index contributed by atoms with van der Waals surface area (Å²) in [5, 5.41) is 9.78. The Morgan fingerprint density at radius 3 is 2.39 bits per heavy atom. The average Bonchev–Trinajstić information content (AvgIpc) is 2.77. The highest BCUT2D eigenvalue weighted by Gasteiger charge is 2.33. The van der Waals surface area contributed by atoms with Gasteiger partial charge in [0.05, 0.1) is 23.8 Å². The molecule has 2 aromatic rings. The Morgan fingerprint density at radius 2 is 1.79 bits per heavy atom.